The minimum Gasteiger partial charge on any atom is -0.481 e. The highest BCUT2D eigenvalue weighted by molar-refractivity contribution is 6.31. The Morgan fingerprint density at radius 3 is 2.54 bits per heavy atom. The van der Waals surface area contributed by atoms with Gasteiger partial charge in [-0.15, -0.1) is 0 Å². The predicted molar refractivity (Wildman–Crippen MR) is 136 cm³/mol. The molecule has 0 unspecified atom stereocenters. The van der Waals surface area contributed by atoms with Gasteiger partial charge in [-0.2, -0.15) is 0 Å². The summed E-state index contributed by atoms with van der Waals surface area (Å²) in [7, 11) is 1.70. The zero-order valence-electron chi connectivity index (χ0n) is 21.4. The molecule has 190 valence electrons. The molecule has 1 N–H and O–H groups in total. The van der Waals surface area contributed by atoms with E-state index in [4.69, 9.17) is 16.3 Å². The topological polar surface area (TPSA) is 66.8 Å². The number of carboxylic acid groups (broad SMARTS) is 1. The molecule has 35 heavy (non-hydrogen) atoms. The molecule has 4 aliphatic carbocycles. The van der Waals surface area contributed by atoms with Crippen LogP contribution in [0.3, 0.4) is 0 Å². The van der Waals surface area contributed by atoms with Gasteiger partial charge >= 0.3 is 5.97 Å². The number of hydrogen-bond acceptors (Lipinski definition) is 3. The number of carbonyl (C=O) groups is 2. The number of rotatable bonds is 8. The van der Waals surface area contributed by atoms with Gasteiger partial charge in [-0.1, -0.05) is 44.5 Å². The smallest absolute Gasteiger partial charge is 0.309 e. The van der Waals surface area contributed by atoms with Crippen LogP contribution in [0, 0.1) is 17.3 Å². The zero-order chi connectivity index (χ0) is 25.2. The minimum absolute atomic E-state index is 0.0773. The third-order valence-electron chi connectivity index (χ3n) is 9.91. The fraction of sp³-hybridized carbons (Fsp3) is 0.655. The molecule has 0 saturated heterocycles. The lowest BCUT2D eigenvalue weighted by Gasteiger charge is -2.53. The maximum atomic E-state index is 13.6. The second-order valence-electron chi connectivity index (χ2n) is 12.2. The molecular weight excluding hydrogens is 462 g/mol. The van der Waals surface area contributed by atoms with Crippen molar-refractivity contribution >= 4 is 23.5 Å². The molecule has 0 radical (unpaired) electrons. The van der Waals surface area contributed by atoms with Crippen LogP contribution in [0.1, 0.15) is 89.2 Å². The second-order valence-corrected chi connectivity index (χ2v) is 12.6. The number of hydrogen-bond donors (Lipinski definition) is 1. The van der Waals surface area contributed by atoms with Crippen LogP contribution in [0.4, 0.5) is 0 Å². The number of nitrogens with zero attached hydrogens (tertiary/aromatic N) is 1. The van der Waals surface area contributed by atoms with Gasteiger partial charge in [0.25, 0.3) is 0 Å². The quantitative estimate of drug-likeness (QED) is 0.456. The van der Waals surface area contributed by atoms with Gasteiger partial charge in [0.2, 0.25) is 5.91 Å². The molecular formula is C29H38ClNO4. The van der Waals surface area contributed by atoms with Gasteiger partial charge in [0.05, 0.1) is 5.41 Å². The number of benzene rings is 1. The number of methoxy groups -OCH3 is 1. The Labute approximate surface area is 213 Å². The molecule has 1 aromatic rings. The minimum atomic E-state index is -0.718. The van der Waals surface area contributed by atoms with E-state index in [0.717, 1.165) is 34.9 Å². The first kappa shape index (κ1) is 24.8. The predicted octanol–water partition coefficient (Wildman–Crippen LogP) is 6.30. The SMILES string of the molecule is COCCC1=CN(C23CCC(C(=O)O)(C2)C3)C(=O)C[C@@]1(C)c1ccc(C2CC(C(C)C)C2)c(Cl)c1. The molecule has 2 bridgehead atoms. The zero-order valence-corrected chi connectivity index (χ0v) is 22.2. The van der Waals surface area contributed by atoms with Gasteiger partial charge < -0.3 is 14.7 Å². The third-order valence-corrected chi connectivity index (χ3v) is 10.2. The van der Waals surface area contributed by atoms with E-state index in [0.29, 0.717) is 44.1 Å². The summed E-state index contributed by atoms with van der Waals surface area (Å²) in [5, 5.41) is 10.5. The molecule has 0 aromatic heterocycles. The number of aliphatic carboxylic acids is 1. The van der Waals surface area contributed by atoms with Gasteiger partial charge in [0.15, 0.2) is 0 Å². The van der Waals surface area contributed by atoms with Crippen molar-refractivity contribution < 1.29 is 19.4 Å². The fourth-order valence-corrected chi connectivity index (χ4v) is 7.69. The highest BCUT2D eigenvalue weighted by atomic mass is 35.5. The number of fused-ring (bicyclic) bond motifs is 1. The van der Waals surface area contributed by atoms with Crippen LogP contribution >= 0.6 is 11.6 Å². The first-order valence-corrected chi connectivity index (χ1v) is 13.5. The average molecular weight is 500 g/mol. The standard InChI is InChI=1S/C29H38ClNO4/c1-18(2)19-11-20(12-19)23-6-5-21(13-24(23)30)27(3)14-25(32)31(15-22(27)7-10-35-4)29-9-8-28(16-29,17-29)26(33)34/h5-6,13,15,18-20H,7-12,14,16-17H2,1-4H3,(H,33,34)/t19?,20?,27-,28?,29?/m0/s1. The molecule has 1 heterocycles. The summed E-state index contributed by atoms with van der Waals surface area (Å²) in [4.78, 5) is 27.3. The number of amides is 1. The first-order valence-electron chi connectivity index (χ1n) is 13.1. The van der Waals surface area contributed by atoms with E-state index in [9.17, 15) is 14.7 Å². The Morgan fingerprint density at radius 1 is 1.26 bits per heavy atom. The third kappa shape index (κ3) is 3.85. The normalized spacial score (nSPS) is 36.1. The Bertz CT molecular complexity index is 1070. The van der Waals surface area contributed by atoms with E-state index in [-0.39, 0.29) is 11.4 Å². The van der Waals surface area contributed by atoms with E-state index in [1.807, 2.05) is 11.1 Å². The van der Waals surface area contributed by atoms with Crippen LogP contribution < -0.4 is 0 Å². The highest BCUT2D eigenvalue weighted by Crippen LogP contribution is 2.65. The van der Waals surface area contributed by atoms with Gasteiger partial charge in [0, 0.05) is 42.3 Å². The van der Waals surface area contributed by atoms with Gasteiger partial charge in [-0.25, -0.2) is 0 Å². The molecule has 1 amide bonds. The summed E-state index contributed by atoms with van der Waals surface area (Å²) in [5.41, 5.74) is 2.01. The molecule has 6 heteroatoms. The van der Waals surface area contributed by atoms with Gasteiger partial charge in [-0.3, -0.25) is 9.59 Å². The summed E-state index contributed by atoms with van der Waals surface area (Å²) in [6, 6.07) is 6.42. The van der Waals surface area contributed by atoms with Crippen molar-refractivity contribution in [3.63, 3.8) is 0 Å². The summed E-state index contributed by atoms with van der Waals surface area (Å²) < 4.78 is 5.42. The molecule has 1 aliphatic heterocycles. The summed E-state index contributed by atoms with van der Waals surface area (Å²) >= 11 is 6.84. The number of carbonyl (C=O) groups excluding carboxylic acids is 1. The van der Waals surface area contributed by atoms with E-state index in [1.54, 1.807) is 7.11 Å². The molecule has 6 rings (SSSR count). The van der Waals surface area contributed by atoms with Crippen LogP contribution in [0.5, 0.6) is 0 Å². The van der Waals surface area contributed by atoms with Gasteiger partial charge in [-0.05, 0) is 85.5 Å². The molecule has 4 fully saturated rings. The Kier molecular flexibility index (Phi) is 6.12. The Balaban J connectivity index is 1.43. The van der Waals surface area contributed by atoms with Crippen LogP contribution in [-0.2, 0) is 19.7 Å². The second kappa shape index (κ2) is 8.62. The van der Waals surface area contributed by atoms with Gasteiger partial charge in [0.1, 0.15) is 0 Å². The maximum absolute atomic E-state index is 13.6. The maximum Gasteiger partial charge on any atom is 0.309 e. The highest BCUT2D eigenvalue weighted by Gasteiger charge is 2.68. The molecule has 0 spiro atoms. The lowest BCUT2D eigenvalue weighted by atomic mass is 9.63. The summed E-state index contributed by atoms with van der Waals surface area (Å²) in [5.74, 6) is 1.37. The summed E-state index contributed by atoms with van der Waals surface area (Å²) in [6.07, 6.45) is 8.03. The van der Waals surface area contributed by atoms with E-state index in [2.05, 4.69) is 39.0 Å². The van der Waals surface area contributed by atoms with Crippen molar-refractivity contribution in [3.05, 3.63) is 46.1 Å². The van der Waals surface area contributed by atoms with Crippen molar-refractivity contribution in [2.45, 2.75) is 89.0 Å². The first-order chi connectivity index (χ1) is 16.5. The van der Waals surface area contributed by atoms with E-state index >= 15 is 0 Å². The lowest BCUT2D eigenvalue weighted by molar-refractivity contribution is -0.161. The molecule has 4 saturated carbocycles. The number of carboxylic acids is 1. The molecule has 1 atom stereocenters. The fourth-order valence-electron chi connectivity index (χ4n) is 7.36. The van der Waals surface area contributed by atoms with Crippen molar-refractivity contribution in [2.75, 3.05) is 13.7 Å². The van der Waals surface area contributed by atoms with Crippen LogP contribution in [0.25, 0.3) is 0 Å². The van der Waals surface area contributed by atoms with Crippen molar-refractivity contribution in [3.8, 4) is 0 Å². The van der Waals surface area contributed by atoms with Crippen molar-refractivity contribution in [2.24, 2.45) is 17.3 Å². The molecule has 5 nitrogen and oxygen atoms in total. The van der Waals surface area contributed by atoms with E-state index in [1.165, 1.54) is 18.4 Å². The van der Waals surface area contributed by atoms with E-state index < -0.39 is 16.8 Å². The van der Waals surface area contributed by atoms with Crippen LogP contribution in [0.15, 0.2) is 30.0 Å². The van der Waals surface area contributed by atoms with Crippen LogP contribution in [0.2, 0.25) is 5.02 Å². The number of ether oxygens (including phenoxy) is 1. The van der Waals surface area contributed by atoms with Crippen molar-refractivity contribution in [1.82, 2.24) is 4.90 Å². The monoisotopic (exact) mass is 499 g/mol. The number of halogens is 1. The molecule has 5 aliphatic rings. The largest absolute Gasteiger partial charge is 0.481 e. The average Bonchev–Trinajstić information content (AvgIpc) is 3.31. The van der Waals surface area contributed by atoms with Crippen LogP contribution in [-0.4, -0.2) is 41.1 Å². The summed E-state index contributed by atoms with van der Waals surface area (Å²) in [6.45, 7) is 7.29. The van der Waals surface area contributed by atoms with Crippen molar-refractivity contribution in [1.29, 1.82) is 0 Å². The Morgan fingerprint density at radius 2 is 1.97 bits per heavy atom. The molecule has 1 aromatic carbocycles. The Hall–Kier alpha value is -1.85. The lowest BCUT2D eigenvalue weighted by Crippen LogP contribution is -2.60.